The minimum absolute atomic E-state index is 0.0942. The van der Waals surface area contributed by atoms with Crippen molar-refractivity contribution in [1.29, 1.82) is 0 Å². The Kier molecular flexibility index (Phi) is 10.6. The van der Waals surface area contributed by atoms with Gasteiger partial charge < -0.3 is 28.4 Å². The number of methoxy groups -OCH3 is 3. The summed E-state index contributed by atoms with van der Waals surface area (Å²) in [6, 6.07) is 36.4. The summed E-state index contributed by atoms with van der Waals surface area (Å²) in [7, 11) is 5.13. The van der Waals surface area contributed by atoms with Crippen LogP contribution in [0.3, 0.4) is 0 Å². The third-order valence-electron chi connectivity index (χ3n) is 13.3. The second-order valence-electron chi connectivity index (χ2n) is 19.1. The van der Waals surface area contributed by atoms with Crippen LogP contribution in [-0.4, -0.2) is 34.5 Å². The second kappa shape index (κ2) is 15.8. The fraction of sp³-hybridized carbons (Fsp3) is 0.357. The van der Waals surface area contributed by atoms with Crippen molar-refractivity contribution in [2.45, 2.75) is 84.7 Å². The van der Waals surface area contributed by atoms with Gasteiger partial charge in [-0.25, -0.2) is 0 Å². The number of ether oxygens (including phenoxy) is 6. The first kappa shape index (κ1) is 41.5. The minimum atomic E-state index is -0.984. The molecule has 1 aliphatic heterocycles. The highest BCUT2D eigenvalue weighted by atomic mass is 16.5. The van der Waals surface area contributed by atoms with E-state index in [-0.39, 0.29) is 16.2 Å². The molecule has 1 fully saturated rings. The van der Waals surface area contributed by atoms with Crippen LogP contribution in [0.4, 0.5) is 0 Å². The lowest BCUT2D eigenvalue weighted by Crippen LogP contribution is -2.44. The second-order valence-corrected chi connectivity index (χ2v) is 19.1. The molecule has 62 heavy (non-hydrogen) atoms. The maximum Gasteiger partial charge on any atom is 0.178 e. The molecule has 9 rings (SSSR count). The maximum atomic E-state index is 7.91. The van der Waals surface area contributed by atoms with Crippen molar-refractivity contribution in [2.24, 2.45) is 10.8 Å². The van der Waals surface area contributed by atoms with Crippen molar-refractivity contribution in [3.05, 3.63) is 137 Å². The average Bonchev–Trinajstić information content (AvgIpc) is 3.54. The van der Waals surface area contributed by atoms with E-state index in [2.05, 4.69) is 139 Å². The van der Waals surface area contributed by atoms with E-state index < -0.39 is 5.60 Å². The first-order valence-electron chi connectivity index (χ1n) is 22.3. The van der Waals surface area contributed by atoms with E-state index >= 15 is 0 Å². The van der Waals surface area contributed by atoms with Crippen LogP contribution in [-0.2, 0) is 11.0 Å². The number of hydrogen-bond donors (Lipinski definition) is 0. The lowest BCUT2D eigenvalue weighted by molar-refractivity contribution is 0.0642. The summed E-state index contributed by atoms with van der Waals surface area (Å²) in [5.41, 5.74) is 9.22. The van der Waals surface area contributed by atoms with Crippen LogP contribution < -0.4 is 28.4 Å². The third-order valence-corrected chi connectivity index (χ3v) is 13.3. The van der Waals surface area contributed by atoms with E-state index in [4.69, 9.17) is 28.4 Å². The van der Waals surface area contributed by atoms with Crippen molar-refractivity contribution >= 4 is 16.8 Å². The summed E-state index contributed by atoms with van der Waals surface area (Å²) < 4.78 is 38.1. The minimum Gasteiger partial charge on any atom is -0.497 e. The summed E-state index contributed by atoms with van der Waals surface area (Å²) >= 11 is 0. The van der Waals surface area contributed by atoms with Gasteiger partial charge in [0.2, 0.25) is 0 Å². The average molecular weight is 829 g/mol. The van der Waals surface area contributed by atoms with E-state index in [1.807, 2.05) is 18.2 Å². The summed E-state index contributed by atoms with van der Waals surface area (Å²) in [4.78, 5) is 0. The first-order valence-corrected chi connectivity index (χ1v) is 22.3. The predicted molar refractivity (Wildman–Crippen MR) is 252 cm³/mol. The molecule has 0 amide bonds. The Balaban J connectivity index is 1.37. The summed E-state index contributed by atoms with van der Waals surface area (Å²) in [6.45, 7) is 15.4. The van der Waals surface area contributed by atoms with Gasteiger partial charge in [-0.15, -0.1) is 0 Å². The topological polar surface area (TPSA) is 55.4 Å². The third kappa shape index (κ3) is 6.87. The number of hydrogen-bond acceptors (Lipinski definition) is 6. The highest BCUT2D eigenvalue weighted by molar-refractivity contribution is 6.11. The number of benzene rings is 6. The molecule has 0 aromatic heterocycles. The van der Waals surface area contributed by atoms with Gasteiger partial charge in [0.25, 0.3) is 0 Å². The molecule has 0 unspecified atom stereocenters. The van der Waals surface area contributed by atoms with Gasteiger partial charge in [-0.2, -0.15) is 0 Å². The molecule has 6 nitrogen and oxygen atoms in total. The SMILES string of the molecule is CCCOc1ccc(C2(c3ccc(OCCC)cc3)C=Cc3c4c(c5cc(OC)c(-c6ccc(OC)cc6OC)cc5c3O2)-c2ccccc2C42CC(C)(C)CC(C)(C)C2)cc1. The molecule has 6 aromatic rings. The largest absolute Gasteiger partial charge is 0.497 e. The zero-order chi connectivity index (χ0) is 43.4. The van der Waals surface area contributed by atoms with Crippen molar-refractivity contribution < 1.29 is 28.4 Å². The predicted octanol–water partition coefficient (Wildman–Crippen LogP) is 14.0. The molecular formula is C56H60O6. The first-order chi connectivity index (χ1) is 29.9. The summed E-state index contributed by atoms with van der Waals surface area (Å²) in [5.74, 6) is 4.70. The van der Waals surface area contributed by atoms with Crippen LogP contribution in [0.15, 0.2) is 109 Å². The van der Waals surface area contributed by atoms with E-state index in [9.17, 15) is 0 Å². The molecule has 320 valence electrons. The van der Waals surface area contributed by atoms with E-state index in [0.717, 1.165) is 99.4 Å². The van der Waals surface area contributed by atoms with Gasteiger partial charge in [0.15, 0.2) is 5.60 Å². The Morgan fingerprint density at radius 3 is 1.73 bits per heavy atom. The lowest BCUT2D eigenvalue weighted by atomic mass is 9.52. The van der Waals surface area contributed by atoms with Crippen LogP contribution in [0, 0.1) is 10.8 Å². The van der Waals surface area contributed by atoms with Crippen molar-refractivity contribution in [2.75, 3.05) is 34.5 Å². The molecule has 0 saturated heterocycles. The smallest absolute Gasteiger partial charge is 0.178 e. The number of fused-ring (bicyclic) bond motifs is 10. The molecule has 6 aromatic carbocycles. The summed E-state index contributed by atoms with van der Waals surface area (Å²) in [6.07, 6.45) is 9.75. The Bertz CT molecular complexity index is 2600. The molecule has 3 aliphatic rings. The molecule has 0 atom stereocenters. The van der Waals surface area contributed by atoms with Gasteiger partial charge in [0.1, 0.15) is 34.5 Å². The van der Waals surface area contributed by atoms with Crippen LogP contribution in [0.5, 0.6) is 34.5 Å². The molecule has 2 aliphatic carbocycles. The molecule has 1 heterocycles. The molecular weight excluding hydrogens is 769 g/mol. The van der Waals surface area contributed by atoms with E-state index in [0.29, 0.717) is 19.0 Å². The van der Waals surface area contributed by atoms with Crippen molar-refractivity contribution in [3.8, 4) is 56.8 Å². The van der Waals surface area contributed by atoms with Gasteiger partial charge in [-0.3, -0.25) is 0 Å². The quantitative estimate of drug-likeness (QED) is 0.122. The molecule has 1 spiro atoms. The van der Waals surface area contributed by atoms with Gasteiger partial charge in [-0.05, 0) is 125 Å². The molecule has 1 saturated carbocycles. The van der Waals surface area contributed by atoms with Gasteiger partial charge in [-0.1, -0.05) is 96.1 Å². The van der Waals surface area contributed by atoms with Crippen molar-refractivity contribution in [3.63, 3.8) is 0 Å². The Morgan fingerprint density at radius 2 is 1.15 bits per heavy atom. The standard InChI is InChI=1S/C56H60O6/c1-10-28-60-38-20-16-36(17-21-38)56(37-18-22-39(23-19-37)61-29-11-2)27-26-43-51-50(42-14-12-13-15-47(42)55(51)34-53(3,4)33-54(5,6)35-55)45-32-49(59-9)44(31-46(45)52(43)62-56)41-25-24-40(57-7)30-48(41)58-8/h12-27,30-32H,10-11,28-29,33-35H2,1-9H3. The highest BCUT2D eigenvalue weighted by Crippen LogP contribution is 2.67. The Labute approximate surface area is 367 Å². The maximum absolute atomic E-state index is 7.91. The fourth-order valence-electron chi connectivity index (χ4n) is 11.6. The van der Waals surface area contributed by atoms with Crippen LogP contribution in [0.1, 0.15) is 101 Å². The Morgan fingerprint density at radius 1 is 0.565 bits per heavy atom. The monoisotopic (exact) mass is 828 g/mol. The van der Waals surface area contributed by atoms with E-state index in [1.54, 1.807) is 21.3 Å². The highest BCUT2D eigenvalue weighted by Gasteiger charge is 2.55. The molecule has 0 N–H and O–H groups in total. The molecule has 0 radical (unpaired) electrons. The fourth-order valence-corrected chi connectivity index (χ4v) is 11.6. The van der Waals surface area contributed by atoms with E-state index in [1.165, 1.54) is 22.3 Å². The number of rotatable bonds is 12. The molecule has 0 bridgehead atoms. The Hall–Kier alpha value is -5.88. The molecule has 6 heteroatoms. The lowest BCUT2D eigenvalue weighted by Gasteiger charge is -2.52. The van der Waals surface area contributed by atoms with Crippen LogP contribution >= 0.6 is 0 Å². The van der Waals surface area contributed by atoms with Gasteiger partial charge in [0, 0.05) is 44.7 Å². The summed E-state index contributed by atoms with van der Waals surface area (Å²) in [5, 5.41) is 2.11. The zero-order valence-corrected chi connectivity index (χ0v) is 37.9. The van der Waals surface area contributed by atoms with Crippen LogP contribution in [0.25, 0.3) is 39.1 Å². The van der Waals surface area contributed by atoms with Gasteiger partial charge >= 0.3 is 0 Å². The zero-order valence-electron chi connectivity index (χ0n) is 37.9. The normalized spacial score (nSPS) is 17.1. The van der Waals surface area contributed by atoms with Gasteiger partial charge in [0.05, 0.1) is 34.5 Å². The van der Waals surface area contributed by atoms with Crippen LogP contribution in [0.2, 0.25) is 0 Å². The van der Waals surface area contributed by atoms with Crippen molar-refractivity contribution in [1.82, 2.24) is 0 Å².